The van der Waals surface area contributed by atoms with Crippen molar-refractivity contribution >= 4 is 11.9 Å². The number of hydrogen-bond donors (Lipinski definition) is 6. The molecule has 0 aromatic rings. The van der Waals surface area contributed by atoms with E-state index >= 15 is 0 Å². The topological polar surface area (TPSA) is 175 Å². The zero-order valence-electron chi connectivity index (χ0n) is 47.7. The predicted octanol–water partition coefficient (Wildman–Crippen LogP) is 14.4. The van der Waals surface area contributed by atoms with Crippen LogP contribution in [0.2, 0.25) is 0 Å². The molecule has 1 heterocycles. The first-order chi connectivity index (χ1) is 36.2. The summed E-state index contributed by atoms with van der Waals surface area (Å²) in [7, 11) is 0. The maximum Gasteiger partial charge on any atom is 0.306 e. The van der Waals surface area contributed by atoms with Crippen molar-refractivity contribution in [2.24, 2.45) is 0 Å². The van der Waals surface area contributed by atoms with Crippen LogP contribution in [0.25, 0.3) is 0 Å². The Bertz CT molecular complexity index is 1390. The Morgan fingerprint density at radius 1 is 0.527 bits per heavy atom. The first-order valence-electron chi connectivity index (χ1n) is 30.9. The van der Waals surface area contributed by atoms with E-state index in [2.05, 4.69) is 50.4 Å². The lowest BCUT2D eigenvalue weighted by Gasteiger charge is -2.41. The molecule has 74 heavy (non-hydrogen) atoms. The average molecular weight is 1050 g/mol. The number of aliphatic hydroxyl groups is 5. The van der Waals surface area contributed by atoms with Crippen LogP contribution < -0.4 is 5.32 Å². The molecule has 1 aliphatic heterocycles. The van der Waals surface area contributed by atoms with Gasteiger partial charge in [-0.1, -0.05) is 249 Å². The summed E-state index contributed by atoms with van der Waals surface area (Å²) in [6.45, 7) is 5.75. The quantitative estimate of drug-likeness (QED) is 0.0195. The predicted molar refractivity (Wildman–Crippen MR) is 306 cm³/mol. The summed E-state index contributed by atoms with van der Waals surface area (Å²) in [5.41, 5.74) is 0. The lowest BCUT2D eigenvalue weighted by atomic mass is 9.99. The van der Waals surface area contributed by atoms with Crippen molar-refractivity contribution in [3.63, 3.8) is 0 Å². The highest BCUT2D eigenvalue weighted by atomic mass is 16.7. The first kappa shape index (κ1) is 69.6. The summed E-state index contributed by atoms with van der Waals surface area (Å²) < 4.78 is 17.5. The Morgan fingerprint density at radius 3 is 1.39 bits per heavy atom. The van der Waals surface area contributed by atoms with Gasteiger partial charge in [0, 0.05) is 6.42 Å². The Balaban J connectivity index is 2.69. The van der Waals surface area contributed by atoms with Crippen LogP contribution in [0.4, 0.5) is 0 Å². The largest absolute Gasteiger partial charge is 0.454 e. The van der Waals surface area contributed by atoms with Crippen LogP contribution in [-0.4, -0.2) is 99.6 Å². The van der Waals surface area contributed by atoms with Crippen molar-refractivity contribution in [3.05, 3.63) is 48.6 Å². The van der Waals surface area contributed by atoms with Gasteiger partial charge in [-0.2, -0.15) is 0 Å². The normalized spacial score (nSPS) is 19.6. The van der Waals surface area contributed by atoms with E-state index in [9.17, 15) is 35.1 Å². The molecule has 11 nitrogen and oxygen atoms in total. The molecule has 1 rings (SSSR count). The van der Waals surface area contributed by atoms with Gasteiger partial charge in [-0.15, -0.1) is 0 Å². The fraction of sp³-hybridized carbons (Fsp3) is 0.841. The van der Waals surface area contributed by atoms with E-state index in [-0.39, 0.29) is 19.4 Å². The Morgan fingerprint density at radius 2 is 0.932 bits per heavy atom. The van der Waals surface area contributed by atoms with Crippen molar-refractivity contribution in [3.8, 4) is 0 Å². The molecule has 1 fully saturated rings. The minimum absolute atomic E-state index is 0.0183. The number of nitrogens with one attached hydrogen (secondary N) is 1. The highest BCUT2D eigenvalue weighted by molar-refractivity contribution is 5.80. The lowest BCUT2D eigenvalue weighted by Crippen LogP contribution is -2.61. The highest BCUT2D eigenvalue weighted by Crippen LogP contribution is 2.26. The number of esters is 1. The molecule has 432 valence electrons. The van der Waals surface area contributed by atoms with Gasteiger partial charge in [0.15, 0.2) is 12.4 Å². The molecular formula is C63H115NO10. The molecule has 8 unspecified atom stereocenters. The number of ether oxygens (including phenoxy) is 3. The summed E-state index contributed by atoms with van der Waals surface area (Å²) in [4.78, 5) is 26.5. The second kappa shape index (κ2) is 51.4. The number of hydrogen-bond acceptors (Lipinski definition) is 10. The molecule has 0 bridgehead atoms. The van der Waals surface area contributed by atoms with Gasteiger partial charge in [0.1, 0.15) is 24.4 Å². The maximum atomic E-state index is 13.4. The van der Waals surface area contributed by atoms with E-state index in [1.54, 1.807) is 6.08 Å². The number of unbranched alkanes of at least 4 members (excludes halogenated alkanes) is 32. The molecule has 6 N–H and O–H groups in total. The first-order valence-corrected chi connectivity index (χ1v) is 30.9. The minimum atomic E-state index is -1.63. The monoisotopic (exact) mass is 1050 g/mol. The Kier molecular flexibility index (Phi) is 48.3. The van der Waals surface area contributed by atoms with Crippen LogP contribution in [0.5, 0.6) is 0 Å². The summed E-state index contributed by atoms with van der Waals surface area (Å²) in [6.07, 6.45) is 51.7. The third-order valence-corrected chi connectivity index (χ3v) is 14.5. The molecule has 0 spiro atoms. The molecule has 0 aromatic heterocycles. The van der Waals surface area contributed by atoms with Crippen LogP contribution >= 0.6 is 0 Å². The fourth-order valence-corrected chi connectivity index (χ4v) is 9.52. The molecule has 8 atom stereocenters. The standard InChI is InChI=1S/C63H115NO10/c1-4-7-10-13-16-19-22-25-26-27-28-29-30-31-33-35-38-41-44-47-50-56(67)62(71)64-54(55(66)49-46-43-40-37-34-24-21-18-15-12-9-6-3)53-72-63-61(60(70)59(69)57(52-65)73-63)74-58(68)51-48-45-42-39-36-32-23-20-17-14-11-8-5-2/h25-26,32,36,42,45-46,49,54-57,59-61,63,65-67,69-70H,4-24,27-31,33-35,37-41,43-44,47-48,50-53H2,1-3H3,(H,64,71)/b26-25+,36-32-,45-42+,49-46+. The number of rotatable bonds is 52. The minimum Gasteiger partial charge on any atom is -0.454 e. The van der Waals surface area contributed by atoms with Gasteiger partial charge in [0.25, 0.3) is 0 Å². The van der Waals surface area contributed by atoms with E-state index < -0.39 is 67.4 Å². The van der Waals surface area contributed by atoms with E-state index in [4.69, 9.17) is 14.2 Å². The van der Waals surface area contributed by atoms with Gasteiger partial charge in [-0.05, 0) is 70.6 Å². The number of allylic oxidation sites excluding steroid dienone is 7. The maximum absolute atomic E-state index is 13.4. The zero-order valence-corrected chi connectivity index (χ0v) is 47.7. The molecule has 0 aromatic carbocycles. The number of carbonyl (C=O) groups is 2. The van der Waals surface area contributed by atoms with E-state index in [0.717, 1.165) is 51.4 Å². The third-order valence-electron chi connectivity index (χ3n) is 14.5. The van der Waals surface area contributed by atoms with Crippen molar-refractivity contribution in [1.82, 2.24) is 5.32 Å². The third kappa shape index (κ3) is 39.1. The van der Waals surface area contributed by atoms with Crippen LogP contribution in [0.1, 0.15) is 278 Å². The van der Waals surface area contributed by atoms with Crippen molar-refractivity contribution in [1.29, 1.82) is 0 Å². The molecule has 0 saturated carbocycles. The second-order valence-electron chi connectivity index (χ2n) is 21.4. The summed E-state index contributed by atoms with van der Waals surface area (Å²) in [6, 6.07) is -1.03. The highest BCUT2D eigenvalue weighted by Gasteiger charge is 2.47. The van der Waals surface area contributed by atoms with Gasteiger partial charge in [0.2, 0.25) is 5.91 Å². The van der Waals surface area contributed by atoms with Crippen molar-refractivity contribution < 1.29 is 49.3 Å². The van der Waals surface area contributed by atoms with E-state index in [1.165, 1.54) is 180 Å². The van der Waals surface area contributed by atoms with Gasteiger partial charge < -0.3 is 45.1 Å². The van der Waals surface area contributed by atoms with Crippen LogP contribution in [0.3, 0.4) is 0 Å². The van der Waals surface area contributed by atoms with Crippen LogP contribution in [0, 0.1) is 0 Å². The van der Waals surface area contributed by atoms with Gasteiger partial charge in [-0.3, -0.25) is 9.59 Å². The SMILES string of the molecule is CCCCCCCC/C=C\C/C=C/CCC(=O)OC1C(OCC(NC(=O)C(O)CCCCCCCCCCCC/C=C/CCCCCCCC)C(O)/C=C/CCCCCCCCCCCC)OC(CO)C(O)C1O. The zero-order chi connectivity index (χ0) is 54.0. The van der Waals surface area contributed by atoms with Gasteiger partial charge >= 0.3 is 5.97 Å². The van der Waals surface area contributed by atoms with Gasteiger partial charge in [0.05, 0.1) is 25.4 Å². The van der Waals surface area contributed by atoms with E-state index in [1.807, 2.05) is 18.2 Å². The Labute approximate surface area is 453 Å². The fourth-order valence-electron chi connectivity index (χ4n) is 9.52. The average Bonchev–Trinajstić information content (AvgIpc) is 3.40. The van der Waals surface area contributed by atoms with Crippen molar-refractivity contribution in [2.45, 2.75) is 327 Å². The summed E-state index contributed by atoms with van der Waals surface area (Å²) in [5, 5.41) is 56.9. The van der Waals surface area contributed by atoms with Gasteiger partial charge in [-0.25, -0.2) is 0 Å². The molecular weight excluding hydrogens is 931 g/mol. The number of carbonyl (C=O) groups excluding carboxylic acids is 2. The molecule has 0 radical (unpaired) electrons. The number of aliphatic hydroxyl groups excluding tert-OH is 5. The molecule has 1 aliphatic rings. The van der Waals surface area contributed by atoms with Crippen molar-refractivity contribution in [2.75, 3.05) is 13.2 Å². The molecule has 1 saturated heterocycles. The summed E-state index contributed by atoms with van der Waals surface area (Å²) in [5.74, 6) is -1.26. The van der Waals surface area contributed by atoms with E-state index in [0.29, 0.717) is 12.8 Å². The molecule has 0 aliphatic carbocycles. The lowest BCUT2D eigenvalue weighted by molar-refractivity contribution is -0.305. The smallest absolute Gasteiger partial charge is 0.306 e. The molecule has 11 heteroatoms. The van der Waals surface area contributed by atoms with Crippen LogP contribution in [0.15, 0.2) is 48.6 Å². The molecule has 1 amide bonds. The Hall–Kier alpha value is -2.38. The summed E-state index contributed by atoms with van der Waals surface area (Å²) >= 11 is 0. The number of amides is 1. The second-order valence-corrected chi connectivity index (χ2v) is 21.4. The van der Waals surface area contributed by atoms with Crippen LogP contribution in [-0.2, 0) is 23.8 Å².